The molecule has 1 saturated heterocycles. The Labute approximate surface area is 130 Å². The minimum atomic E-state index is -0.565. The molecule has 0 aliphatic carbocycles. The molecule has 0 bridgehead atoms. The van der Waals surface area contributed by atoms with Gasteiger partial charge >= 0.3 is 5.97 Å². The highest BCUT2D eigenvalue weighted by molar-refractivity contribution is 5.88. The van der Waals surface area contributed by atoms with E-state index >= 15 is 0 Å². The van der Waals surface area contributed by atoms with E-state index in [0.29, 0.717) is 0 Å². The average Bonchev–Trinajstić information content (AvgIpc) is 2.73. The van der Waals surface area contributed by atoms with E-state index in [9.17, 15) is 14.7 Å². The fraction of sp³-hybridized carbons (Fsp3) is 0.529. The Morgan fingerprint density at radius 1 is 1.27 bits per heavy atom. The van der Waals surface area contributed by atoms with Crippen LogP contribution in [0.25, 0.3) is 0 Å². The molecule has 2 N–H and O–H groups in total. The molecule has 0 spiro atoms. The zero-order chi connectivity index (χ0) is 16.3. The summed E-state index contributed by atoms with van der Waals surface area (Å²) in [4.78, 5) is 24.4. The van der Waals surface area contributed by atoms with E-state index in [-0.39, 0.29) is 30.8 Å². The van der Waals surface area contributed by atoms with Gasteiger partial charge in [-0.3, -0.25) is 9.59 Å². The van der Waals surface area contributed by atoms with Crippen LogP contribution in [0.2, 0.25) is 0 Å². The zero-order valence-corrected chi connectivity index (χ0v) is 13.2. The molecule has 0 radical (unpaired) electrons. The summed E-state index contributed by atoms with van der Waals surface area (Å²) < 4.78 is 5.35. The molecule has 1 aromatic carbocycles. The summed E-state index contributed by atoms with van der Waals surface area (Å²) >= 11 is 0. The van der Waals surface area contributed by atoms with E-state index in [4.69, 9.17) is 4.74 Å². The van der Waals surface area contributed by atoms with Gasteiger partial charge in [0.05, 0.1) is 25.0 Å². The molecule has 0 saturated carbocycles. The van der Waals surface area contributed by atoms with Gasteiger partial charge in [-0.05, 0) is 26.3 Å². The van der Waals surface area contributed by atoms with Gasteiger partial charge in [0, 0.05) is 5.92 Å². The van der Waals surface area contributed by atoms with Crippen LogP contribution in [0.4, 0.5) is 0 Å². The van der Waals surface area contributed by atoms with E-state index in [1.165, 1.54) is 0 Å². The van der Waals surface area contributed by atoms with Gasteiger partial charge in [-0.25, -0.2) is 0 Å². The summed E-state index contributed by atoms with van der Waals surface area (Å²) in [6.07, 6.45) is 0.0980. The number of esters is 1. The van der Waals surface area contributed by atoms with Crippen molar-refractivity contribution < 1.29 is 19.4 Å². The van der Waals surface area contributed by atoms with E-state index in [1.54, 1.807) is 20.8 Å². The van der Waals surface area contributed by atoms with Gasteiger partial charge in [-0.15, -0.1) is 0 Å². The van der Waals surface area contributed by atoms with Gasteiger partial charge in [0.2, 0.25) is 5.91 Å². The lowest BCUT2D eigenvalue weighted by atomic mass is 9.83. The monoisotopic (exact) mass is 305 g/mol. The van der Waals surface area contributed by atoms with E-state index in [1.807, 2.05) is 30.3 Å². The molecule has 22 heavy (non-hydrogen) atoms. The fourth-order valence-electron chi connectivity index (χ4n) is 2.88. The van der Waals surface area contributed by atoms with Crippen LogP contribution in [0.5, 0.6) is 0 Å². The minimum Gasteiger partial charge on any atom is -0.460 e. The molecule has 1 aliphatic heterocycles. The second kappa shape index (κ2) is 6.48. The molecule has 5 heteroatoms. The number of aliphatic hydroxyl groups is 1. The van der Waals surface area contributed by atoms with Crippen LogP contribution in [0.1, 0.15) is 38.7 Å². The van der Waals surface area contributed by atoms with Crippen molar-refractivity contribution in [1.82, 2.24) is 5.32 Å². The van der Waals surface area contributed by atoms with Crippen molar-refractivity contribution in [2.24, 2.45) is 5.92 Å². The van der Waals surface area contributed by atoms with Crippen molar-refractivity contribution in [2.75, 3.05) is 6.61 Å². The maximum atomic E-state index is 12.2. The average molecular weight is 305 g/mol. The molecule has 2 rings (SSSR count). The van der Waals surface area contributed by atoms with Crippen LogP contribution < -0.4 is 5.32 Å². The number of benzene rings is 1. The summed E-state index contributed by atoms with van der Waals surface area (Å²) in [5, 5.41) is 12.3. The van der Waals surface area contributed by atoms with E-state index < -0.39 is 17.6 Å². The molecule has 5 nitrogen and oxygen atoms in total. The number of hydrogen-bond donors (Lipinski definition) is 2. The lowest BCUT2D eigenvalue weighted by molar-refractivity contribution is -0.156. The highest BCUT2D eigenvalue weighted by Gasteiger charge is 2.44. The fourth-order valence-corrected chi connectivity index (χ4v) is 2.88. The summed E-state index contributed by atoms with van der Waals surface area (Å²) in [6.45, 7) is 5.23. The lowest BCUT2D eigenvalue weighted by Crippen LogP contribution is -2.34. The maximum Gasteiger partial charge on any atom is 0.306 e. The van der Waals surface area contributed by atoms with Crippen molar-refractivity contribution in [1.29, 1.82) is 0 Å². The molecule has 120 valence electrons. The van der Waals surface area contributed by atoms with Crippen molar-refractivity contribution in [3.05, 3.63) is 35.9 Å². The number of carbonyl (C=O) groups is 2. The first kappa shape index (κ1) is 16.5. The highest BCUT2D eigenvalue weighted by Crippen LogP contribution is 2.35. The number of carbonyl (C=O) groups excluding carboxylic acids is 2. The Kier molecular flexibility index (Phi) is 4.86. The Bertz CT molecular complexity index is 535. The van der Waals surface area contributed by atoms with Crippen molar-refractivity contribution >= 4 is 11.9 Å². The normalized spacial score (nSPS) is 24.9. The molecule has 0 aromatic heterocycles. The standard InChI is InChI=1S/C17H23NO4/c1-17(2,3)22-14(20)9-12-13(10-19)18-16(21)15(12)11-7-5-4-6-8-11/h4-8,12-13,15,19H,9-10H2,1-3H3,(H,18,21)/t12-,13-,15?/m1/s1. The summed E-state index contributed by atoms with van der Waals surface area (Å²) in [5.41, 5.74) is 0.286. The zero-order valence-electron chi connectivity index (χ0n) is 13.2. The van der Waals surface area contributed by atoms with Gasteiger partial charge < -0.3 is 15.2 Å². The quantitative estimate of drug-likeness (QED) is 0.829. The van der Waals surface area contributed by atoms with Gasteiger partial charge in [-0.2, -0.15) is 0 Å². The Morgan fingerprint density at radius 2 is 1.91 bits per heavy atom. The molecule has 1 fully saturated rings. The molecular formula is C17H23NO4. The SMILES string of the molecule is CC(C)(C)OC(=O)C[C@H]1C(c2ccccc2)C(=O)N[C@@H]1CO. The Hall–Kier alpha value is -1.88. The summed E-state index contributed by atoms with van der Waals surface area (Å²) in [7, 11) is 0. The van der Waals surface area contributed by atoms with Crippen LogP contribution in [-0.2, 0) is 14.3 Å². The third-order valence-corrected chi connectivity index (χ3v) is 3.73. The smallest absolute Gasteiger partial charge is 0.306 e. The van der Waals surface area contributed by atoms with Crippen molar-refractivity contribution in [3.63, 3.8) is 0 Å². The van der Waals surface area contributed by atoms with Gasteiger partial charge in [0.15, 0.2) is 0 Å². The predicted molar refractivity (Wildman–Crippen MR) is 82.2 cm³/mol. The first-order valence-electron chi connectivity index (χ1n) is 7.50. The van der Waals surface area contributed by atoms with E-state index in [2.05, 4.69) is 5.32 Å². The Balaban J connectivity index is 2.20. The number of nitrogens with one attached hydrogen (secondary N) is 1. The van der Waals surface area contributed by atoms with Crippen molar-refractivity contribution in [3.8, 4) is 0 Å². The number of amides is 1. The van der Waals surface area contributed by atoms with Crippen LogP contribution in [0.3, 0.4) is 0 Å². The molecule has 1 aromatic rings. The topological polar surface area (TPSA) is 75.6 Å². The summed E-state index contributed by atoms with van der Waals surface area (Å²) in [5.74, 6) is -1.26. The number of aliphatic hydroxyl groups excluding tert-OH is 1. The second-order valence-electron chi connectivity index (χ2n) is 6.64. The van der Waals surface area contributed by atoms with Gasteiger partial charge in [0.25, 0.3) is 0 Å². The second-order valence-corrected chi connectivity index (χ2v) is 6.64. The Morgan fingerprint density at radius 3 is 2.45 bits per heavy atom. The lowest BCUT2D eigenvalue weighted by Gasteiger charge is -2.24. The molecule has 1 heterocycles. The van der Waals surface area contributed by atoms with Crippen molar-refractivity contribution in [2.45, 2.75) is 44.8 Å². The van der Waals surface area contributed by atoms with Crippen LogP contribution in [-0.4, -0.2) is 35.2 Å². The highest BCUT2D eigenvalue weighted by atomic mass is 16.6. The van der Waals surface area contributed by atoms with Gasteiger partial charge in [0.1, 0.15) is 5.60 Å². The number of rotatable bonds is 4. The third kappa shape index (κ3) is 3.85. The van der Waals surface area contributed by atoms with Gasteiger partial charge in [-0.1, -0.05) is 30.3 Å². The predicted octanol–water partition coefficient (Wildman–Crippen LogP) is 1.61. The van der Waals surface area contributed by atoms with Crippen LogP contribution in [0, 0.1) is 5.92 Å². The summed E-state index contributed by atoms with van der Waals surface area (Å²) in [6, 6.07) is 8.91. The first-order chi connectivity index (χ1) is 10.3. The first-order valence-corrected chi connectivity index (χ1v) is 7.50. The minimum absolute atomic E-state index is 0.0980. The maximum absolute atomic E-state index is 12.2. The van der Waals surface area contributed by atoms with Crippen LogP contribution in [0.15, 0.2) is 30.3 Å². The molecular weight excluding hydrogens is 282 g/mol. The molecule has 1 aliphatic rings. The largest absolute Gasteiger partial charge is 0.460 e. The number of hydrogen-bond acceptors (Lipinski definition) is 4. The molecule has 1 amide bonds. The number of ether oxygens (including phenoxy) is 1. The third-order valence-electron chi connectivity index (χ3n) is 3.73. The molecule has 3 atom stereocenters. The van der Waals surface area contributed by atoms with E-state index in [0.717, 1.165) is 5.56 Å². The molecule has 1 unspecified atom stereocenters. The van der Waals surface area contributed by atoms with Crippen LogP contribution >= 0.6 is 0 Å².